The lowest BCUT2D eigenvalue weighted by atomic mass is 9.89. The van der Waals surface area contributed by atoms with Crippen molar-refractivity contribution in [3.8, 4) is 0 Å². The Hall–Kier alpha value is -0.630. The van der Waals surface area contributed by atoms with Crippen molar-refractivity contribution in [2.24, 2.45) is 0 Å². The summed E-state index contributed by atoms with van der Waals surface area (Å²) in [5.74, 6) is 0.128. The number of aliphatic hydroxyl groups is 1. The Kier molecular flexibility index (Phi) is 2.45. The van der Waals surface area contributed by atoms with Crippen molar-refractivity contribution in [2.45, 2.75) is 39.2 Å². The Morgan fingerprint density at radius 2 is 2.09 bits per heavy atom. The molecule has 0 bridgehead atoms. The molecular formula is C9H14O2. The zero-order valence-electron chi connectivity index (χ0n) is 7.05. The maximum atomic E-state index is 11.2. The molecule has 2 nitrogen and oxygen atoms in total. The Labute approximate surface area is 66.9 Å². The van der Waals surface area contributed by atoms with Crippen molar-refractivity contribution < 1.29 is 9.90 Å². The standard InChI is InChI=1S/C9H14O2/c1-6-4-3-5-8(11)9(6)7(2)10/h7,10H,3-5H2,1-2H3. The van der Waals surface area contributed by atoms with E-state index in [1.807, 2.05) is 6.92 Å². The van der Waals surface area contributed by atoms with Crippen molar-refractivity contribution >= 4 is 5.78 Å². The molecule has 0 aromatic carbocycles. The Bertz CT molecular complexity index is 202. The van der Waals surface area contributed by atoms with E-state index < -0.39 is 6.10 Å². The van der Waals surface area contributed by atoms with Crippen molar-refractivity contribution in [3.05, 3.63) is 11.1 Å². The van der Waals surface area contributed by atoms with Crippen LogP contribution in [0.3, 0.4) is 0 Å². The number of Topliss-reactive ketones (excluding diaryl/α,β-unsaturated/α-hetero) is 1. The summed E-state index contributed by atoms with van der Waals surface area (Å²) in [4.78, 5) is 11.2. The molecule has 0 aromatic heterocycles. The van der Waals surface area contributed by atoms with Gasteiger partial charge in [-0.05, 0) is 26.7 Å². The third kappa shape index (κ3) is 1.69. The minimum Gasteiger partial charge on any atom is -0.389 e. The van der Waals surface area contributed by atoms with Crippen LogP contribution in [0.2, 0.25) is 0 Å². The largest absolute Gasteiger partial charge is 0.389 e. The van der Waals surface area contributed by atoms with Crippen molar-refractivity contribution in [1.82, 2.24) is 0 Å². The van der Waals surface area contributed by atoms with E-state index in [4.69, 9.17) is 0 Å². The SMILES string of the molecule is CC1=C(C(C)O)C(=O)CCC1. The van der Waals surface area contributed by atoms with Gasteiger partial charge in [0.2, 0.25) is 0 Å². The van der Waals surface area contributed by atoms with Gasteiger partial charge in [-0.15, -0.1) is 0 Å². The first-order chi connectivity index (χ1) is 5.13. The van der Waals surface area contributed by atoms with E-state index in [-0.39, 0.29) is 5.78 Å². The van der Waals surface area contributed by atoms with Crippen molar-refractivity contribution in [3.63, 3.8) is 0 Å². The summed E-state index contributed by atoms with van der Waals surface area (Å²) in [5, 5.41) is 9.24. The number of carbonyl (C=O) groups is 1. The molecule has 0 amide bonds. The summed E-state index contributed by atoms with van der Waals surface area (Å²) < 4.78 is 0. The minimum absolute atomic E-state index is 0.128. The number of hydrogen-bond acceptors (Lipinski definition) is 2. The van der Waals surface area contributed by atoms with E-state index in [2.05, 4.69) is 0 Å². The van der Waals surface area contributed by atoms with Crippen LogP contribution in [0, 0.1) is 0 Å². The van der Waals surface area contributed by atoms with Gasteiger partial charge in [-0.2, -0.15) is 0 Å². The molecule has 1 aliphatic rings. The quantitative estimate of drug-likeness (QED) is 0.620. The van der Waals surface area contributed by atoms with Crippen molar-refractivity contribution in [2.75, 3.05) is 0 Å². The fourth-order valence-corrected chi connectivity index (χ4v) is 1.61. The van der Waals surface area contributed by atoms with Gasteiger partial charge in [0.15, 0.2) is 5.78 Å². The van der Waals surface area contributed by atoms with Crippen LogP contribution in [-0.4, -0.2) is 17.0 Å². The number of carbonyl (C=O) groups excluding carboxylic acids is 1. The van der Waals surface area contributed by atoms with Gasteiger partial charge in [-0.25, -0.2) is 0 Å². The Balaban J connectivity index is 2.91. The summed E-state index contributed by atoms with van der Waals surface area (Å²) in [6.07, 6.45) is 1.94. The van der Waals surface area contributed by atoms with Gasteiger partial charge in [0, 0.05) is 12.0 Å². The first-order valence-corrected chi connectivity index (χ1v) is 4.04. The number of ketones is 1. The fraction of sp³-hybridized carbons (Fsp3) is 0.667. The van der Waals surface area contributed by atoms with Gasteiger partial charge in [0.1, 0.15) is 0 Å². The maximum absolute atomic E-state index is 11.2. The predicted molar refractivity (Wildman–Crippen MR) is 43.2 cm³/mol. The van der Waals surface area contributed by atoms with Gasteiger partial charge in [-0.1, -0.05) is 5.57 Å². The second-order valence-electron chi connectivity index (χ2n) is 3.15. The molecule has 0 fully saturated rings. The van der Waals surface area contributed by atoms with Crippen LogP contribution >= 0.6 is 0 Å². The Morgan fingerprint density at radius 1 is 1.45 bits per heavy atom. The van der Waals surface area contributed by atoms with Crippen LogP contribution < -0.4 is 0 Å². The van der Waals surface area contributed by atoms with E-state index in [9.17, 15) is 9.90 Å². The van der Waals surface area contributed by atoms with Crippen LogP contribution in [0.4, 0.5) is 0 Å². The molecule has 1 aliphatic carbocycles. The molecule has 1 atom stereocenters. The molecule has 2 heteroatoms. The molecule has 1 N–H and O–H groups in total. The number of allylic oxidation sites excluding steroid dienone is 1. The summed E-state index contributed by atoms with van der Waals surface area (Å²) in [5.41, 5.74) is 1.72. The first kappa shape index (κ1) is 8.47. The molecule has 62 valence electrons. The highest BCUT2D eigenvalue weighted by molar-refractivity contribution is 5.97. The predicted octanol–water partition coefficient (Wildman–Crippen LogP) is 1.44. The van der Waals surface area contributed by atoms with Crippen LogP contribution in [-0.2, 0) is 4.79 Å². The topological polar surface area (TPSA) is 37.3 Å². The highest BCUT2D eigenvalue weighted by atomic mass is 16.3. The van der Waals surface area contributed by atoms with Crippen LogP contribution in [0.5, 0.6) is 0 Å². The molecule has 11 heavy (non-hydrogen) atoms. The van der Waals surface area contributed by atoms with E-state index in [1.54, 1.807) is 6.92 Å². The number of hydrogen-bond donors (Lipinski definition) is 1. The molecular weight excluding hydrogens is 140 g/mol. The van der Waals surface area contributed by atoms with E-state index in [1.165, 1.54) is 0 Å². The zero-order valence-corrected chi connectivity index (χ0v) is 7.05. The molecule has 0 aliphatic heterocycles. The lowest BCUT2D eigenvalue weighted by Crippen LogP contribution is -2.19. The van der Waals surface area contributed by atoms with Crippen LogP contribution in [0.1, 0.15) is 33.1 Å². The summed E-state index contributed by atoms with van der Waals surface area (Å²) >= 11 is 0. The molecule has 0 saturated carbocycles. The van der Waals surface area contributed by atoms with Gasteiger partial charge < -0.3 is 5.11 Å². The summed E-state index contributed by atoms with van der Waals surface area (Å²) in [6.45, 7) is 3.58. The lowest BCUT2D eigenvalue weighted by Gasteiger charge is -2.18. The number of aliphatic hydroxyl groups excluding tert-OH is 1. The van der Waals surface area contributed by atoms with Gasteiger partial charge in [0.05, 0.1) is 6.10 Å². The second-order valence-corrected chi connectivity index (χ2v) is 3.15. The monoisotopic (exact) mass is 154 g/mol. The summed E-state index contributed by atoms with van der Waals surface area (Å²) in [7, 11) is 0. The third-order valence-corrected chi connectivity index (χ3v) is 2.13. The molecule has 0 heterocycles. The van der Waals surface area contributed by atoms with E-state index in [0.717, 1.165) is 18.4 Å². The Morgan fingerprint density at radius 3 is 2.45 bits per heavy atom. The van der Waals surface area contributed by atoms with Gasteiger partial charge >= 0.3 is 0 Å². The normalized spacial score (nSPS) is 22.3. The zero-order chi connectivity index (χ0) is 8.43. The second kappa shape index (κ2) is 3.18. The van der Waals surface area contributed by atoms with Gasteiger partial charge in [0.25, 0.3) is 0 Å². The van der Waals surface area contributed by atoms with E-state index in [0.29, 0.717) is 12.0 Å². The summed E-state index contributed by atoms with van der Waals surface area (Å²) in [6, 6.07) is 0. The highest BCUT2D eigenvalue weighted by Gasteiger charge is 2.20. The van der Waals surface area contributed by atoms with Crippen LogP contribution in [0.25, 0.3) is 0 Å². The molecule has 0 radical (unpaired) electrons. The highest BCUT2D eigenvalue weighted by Crippen LogP contribution is 2.23. The molecule has 0 aromatic rings. The molecule has 0 saturated heterocycles. The number of rotatable bonds is 1. The van der Waals surface area contributed by atoms with Crippen LogP contribution in [0.15, 0.2) is 11.1 Å². The smallest absolute Gasteiger partial charge is 0.161 e. The maximum Gasteiger partial charge on any atom is 0.161 e. The molecule has 1 unspecified atom stereocenters. The van der Waals surface area contributed by atoms with Crippen molar-refractivity contribution in [1.29, 1.82) is 0 Å². The minimum atomic E-state index is -0.581. The van der Waals surface area contributed by atoms with E-state index >= 15 is 0 Å². The fourth-order valence-electron chi connectivity index (χ4n) is 1.61. The van der Waals surface area contributed by atoms with Gasteiger partial charge in [-0.3, -0.25) is 4.79 Å². The lowest BCUT2D eigenvalue weighted by molar-refractivity contribution is -0.117. The first-order valence-electron chi connectivity index (χ1n) is 4.04. The molecule has 1 rings (SSSR count). The molecule has 0 spiro atoms. The average molecular weight is 154 g/mol. The third-order valence-electron chi connectivity index (χ3n) is 2.13. The average Bonchev–Trinajstić information content (AvgIpc) is 1.85.